The van der Waals surface area contributed by atoms with Gasteiger partial charge in [0, 0.05) is 6.42 Å². The lowest BCUT2D eigenvalue weighted by Crippen LogP contribution is -1.93. The Morgan fingerprint density at radius 1 is 0.833 bits per heavy atom. The van der Waals surface area contributed by atoms with Gasteiger partial charge in [-0.05, 0) is 29.4 Å². The van der Waals surface area contributed by atoms with E-state index in [0.29, 0.717) is 6.42 Å². The van der Waals surface area contributed by atoms with Crippen molar-refractivity contribution in [2.24, 2.45) is 0 Å². The van der Waals surface area contributed by atoms with Crippen molar-refractivity contribution < 1.29 is 9.90 Å². The lowest BCUT2D eigenvalue weighted by atomic mass is 10.1. The van der Waals surface area contributed by atoms with Gasteiger partial charge in [-0.1, -0.05) is 50.7 Å². The standard InChI is InChI=1S/C15H26O2S/c16-15(17)11-7-5-3-1-2-4-6-8-12-18-13-9-10-14-18/h9-10,13-14,18H,1-8,11-12H2,(H,16,17). The monoisotopic (exact) mass is 270 g/mol. The van der Waals surface area contributed by atoms with E-state index < -0.39 is 5.97 Å². The van der Waals surface area contributed by atoms with Gasteiger partial charge in [-0.2, -0.15) is 0 Å². The van der Waals surface area contributed by atoms with E-state index in [1.165, 1.54) is 44.3 Å². The van der Waals surface area contributed by atoms with Gasteiger partial charge in [-0.25, -0.2) is 10.9 Å². The molecule has 1 rings (SSSR count). The summed E-state index contributed by atoms with van der Waals surface area (Å²) in [7, 11) is 0.0993. The zero-order valence-electron chi connectivity index (χ0n) is 11.2. The van der Waals surface area contributed by atoms with Crippen molar-refractivity contribution in [2.45, 2.75) is 57.8 Å². The summed E-state index contributed by atoms with van der Waals surface area (Å²) in [6.45, 7) is 0. The summed E-state index contributed by atoms with van der Waals surface area (Å²) in [5.41, 5.74) is 0. The van der Waals surface area contributed by atoms with Crippen molar-refractivity contribution in [2.75, 3.05) is 5.75 Å². The second kappa shape index (κ2) is 10.2. The van der Waals surface area contributed by atoms with Crippen LogP contribution in [0.1, 0.15) is 57.8 Å². The molecule has 0 saturated carbocycles. The van der Waals surface area contributed by atoms with Crippen LogP contribution in [-0.2, 0) is 4.79 Å². The van der Waals surface area contributed by atoms with Gasteiger partial charge in [0.25, 0.3) is 0 Å². The summed E-state index contributed by atoms with van der Waals surface area (Å²) in [6, 6.07) is 0. The second-order valence-electron chi connectivity index (χ2n) is 4.89. The van der Waals surface area contributed by atoms with Crippen LogP contribution in [0.5, 0.6) is 0 Å². The summed E-state index contributed by atoms with van der Waals surface area (Å²) in [5.74, 6) is 0.702. The zero-order chi connectivity index (χ0) is 13.1. The number of carboxylic acids is 1. The van der Waals surface area contributed by atoms with Crippen molar-refractivity contribution in [1.82, 2.24) is 0 Å². The minimum Gasteiger partial charge on any atom is -0.481 e. The van der Waals surface area contributed by atoms with Crippen LogP contribution >= 0.6 is 10.9 Å². The molecule has 0 unspecified atom stereocenters. The molecule has 2 nitrogen and oxygen atoms in total. The molecule has 1 aliphatic rings. The first kappa shape index (κ1) is 15.4. The quantitative estimate of drug-likeness (QED) is 0.424. The fourth-order valence-electron chi connectivity index (χ4n) is 2.15. The minimum atomic E-state index is -0.660. The Labute approximate surface area is 114 Å². The first-order valence-electron chi connectivity index (χ1n) is 7.11. The molecule has 18 heavy (non-hydrogen) atoms. The fraction of sp³-hybridized carbons (Fsp3) is 0.667. The maximum Gasteiger partial charge on any atom is 0.303 e. The van der Waals surface area contributed by atoms with Crippen molar-refractivity contribution >= 4 is 16.9 Å². The van der Waals surface area contributed by atoms with Crippen LogP contribution in [0.25, 0.3) is 0 Å². The maximum atomic E-state index is 10.3. The smallest absolute Gasteiger partial charge is 0.303 e. The fourth-order valence-corrected chi connectivity index (χ4v) is 3.78. The Kier molecular flexibility index (Phi) is 8.74. The molecule has 3 heteroatoms. The molecule has 0 aromatic heterocycles. The van der Waals surface area contributed by atoms with E-state index in [1.807, 2.05) is 0 Å². The lowest BCUT2D eigenvalue weighted by Gasteiger charge is -2.08. The highest BCUT2D eigenvalue weighted by molar-refractivity contribution is 8.22. The van der Waals surface area contributed by atoms with Crippen molar-refractivity contribution in [3.63, 3.8) is 0 Å². The van der Waals surface area contributed by atoms with Crippen molar-refractivity contribution in [3.05, 3.63) is 23.0 Å². The Morgan fingerprint density at radius 2 is 1.33 bits per heavy atom. The highest BCUT2D eigenvalue weighted by Crippen LogP contribution is 2.33. The molecular formula is C15H26O2S. The first-order valence-corrected chi connectivity index (χ1v) is 8.78. The predicted octanol–water partition coefficient (Wildman–Crippen LogP) is 4.62. The third-order valence-corrected chi connectivity index (χ3v) is 5.17. The molecule has 0 aliphatic carbocycles. The number of thiol groups is 1. The summed E-state index contributed by atoms with van der Waals surface area (Å²) >= 11 is 0. The average molecular weight is 270 g/mol. The maximum absolute atomic E-state index is 10.3. The van der Waals surface area contributed by atoms with E-state index >= 15 is 0 Å². The molecule has 0 radical (unpaired) electrons. The van der Waals surface area contributed by atoms with E-state index in [0.717, 1.165) is 12.8 Å². The van der Waals surface area contributed by atoms with Gasteiger partial charge in [0.05, 0.1) is 0 Å². The number of allylic oxidation sites excluding steroid dienone is 2. The van der Waals surface area contributed by atoms with E-state index in [-0.39, 0.29) is 10.9 Å². The highest BCUT2D eigenvalue weighted by Gasteiger charge is 1.99. The van der Waals surface area contributed by atoms with Gasteiger partial charge >= 0.3 is 5.97 Å². The molecule has 0 aromatic rings. The molecule has 0 saturated heterocycles. The number of aliphatic carboxylic acids is 1. The largest absolute Gasteiger partial charge is 0.481 e. The van der Waals surface area contributed by atoms with Gasteiger partial charge in [0.15, 0.2) is 0 Å². The topological polar surface area (TPSA) is 37.3 Å². The van der Waals surface area contributed by atoms with Crippen LogP contribution in [0, 0.1) is 0 Å². The summed E-state index contributed by atoms with van der Waals surface area (Å²) in [6.07, 6.45) is 14.4. The van der Waals surface area contributed by atoms with Crippen LogP contribution in [0.2, 0.25) is 0 Å². The van der Waals surface area contributed by atoms with Crippen LogP contribution in [0.15, 0.2) is 23.0 Å². The summed E-state index contributed by atoms with van der Waals surface area (Å²) in [5, 5.41) is 13.2. The molecular weight excluding hydrogens is 244 g/mol. The van der Waals surface area contributed by atoms with E-state index in [1.54, 1.807) is 0 Å². The first-order chi connectivity index (χ1) is 8.79. The highest BCUT2D eigenvalue weighted by atomic mass is 32.2. The molecule has 0 aromatic carbocycles. The molecule has 1 aliphatic heterocycles. The number of carbonyl (C=O) groups is 1. The molecule has 0 atom stereocenters. The normalized spacial score (nSPS) is 15.4. The van der Waals surface area contributed by atoms with E-state index in [2.05, 4.69) is 23.0 Å². The van der Waals surface area contributed by atoms with E-state index in [9.17, 15) is 4.79 Å². The number of unbranched alkanes of at least 4 members (excludes halogenated alkanes) is 7. The summed E-state index contributed by atoms with van der Waals surface area (Å²) < 4.78 is 0. The van der Waals surface area contributed by atoms with Gasteiger partial charge in [0.1, 0.15) is 0 Å². The summed E-state index contributed by atoms with van der Waals surface area (Å²) in [4.78, 5) is 10.3. The lowest BCUT2D eigenvalue weighted by molar-refractivity contribution is -0.137. The molecule has 0 fully saturated rings. The Hall–Kier alpha value is -0.700. The van der Waals surface area contributed by atoms with Gasteiger partial charge in [-0.15, -0.1) is 0 Å². The van der Waals surface area contributed by atoms with Gasteiger partial charge < -0.3 is 5.11 Å². The second-order valence-corrected chi connectivity index (χ2v) is 6.96. The van der Waals surface area contributed by atoms with Crippen molar-refractivity contribution in [1.29, 1.82) is 0 Å². The zero-order valence-corrected chi connectivity index (χ0v) is 12.1. The molecule has 1 N–H and O–H groups in total. The molecule has 1 heterocycles. The molecule has 104 valence electrons. The Morgan fingerprint density at radius 3 is 1.89 bits per heavy atom. The van der Waals surface area contributed by atoms with Crippen LogP contribution in [0.4, 0.5) is 0 Å². The number of rotatable bonds is 11. The number of hydrogen-bond donors (Lipinski definition) is 2. The molecule has 0 bridgehead atoms. The Bertz CT molecular complexity index is 272. The van der Waals surface area contributed by atoms with E-state index in [4.69, 9.17) is 5.11 Å². The Balaban J connectivity index is 1.74. The third kappa shape index (κ3) is 8.40. The number of hydrogen-bond acceptors (Lipinski definition) is 1. The molecule has 0 amide bonds. The van der Waals surface area contributed by atoms with Gasteiger partial charge in [0.2, 0.25) is 0 Å². The van der Waals surface area contributed by atoms with Crippen molar-refractivity contribution in [3.8, 4) is 0 Å². The van der Waals surface area contributed by atoms with Crippen LogP contribution < -0.4 is 0 Å². The predicted molar refractivity (Wildman–Crippen MR) is 81.3 cm³/mol. The van der Waals surface area contributed by atoms with Crippen LogP contribution in [-0.4, -0.2) is 16.8 Å². The average Bonchev–Trinajstić information content (AvgIpc) is 2.84. The SMILES string of the molecule is O=C(O)CCCCCCCCCC[SH]1C=CC=C1. The molecule has 0 spiro atoms. The number of carboxylic acid groups (broad SMARTS) is 1. The van der Waals surface area contributed by atoms with Gasteiger partial charge in [-0.3, -0.25) is 4.79 Å². The third-order valence-electron chi connectivity index (χ3n) is 3.22. The van der Waals surface area contributed by atoms with Crippen LogP contribution in [0.3, 0.4) is 0 Å². The minimum absolute atomic E-state index is 0.0993.